The highest BCUT2D eigenvalue weighted by Crippen LogP contribution is 2.27. The average Bonchev–Trinajstić information content (AvgIpc) is 2.83. The van der Waals surface area contributed by atoms with Crippen molar-refractivity contribution in [2.24, 2.45) is 11.8 Å². The number of hydrogen-bond acceptors (Lipinski definition) is 2. The van der Waals surface area contributed by atoms with Crippen molar-refractivity contribution < 1.29 is 4.74 Å². The smallest absolute Gasteiger partial charge is 0.0509 e. The van der Waals surface area contributed by atoms with Gasteiger partial charge < -0.3 is 10.1 Å². The minimum absolute atomic E-state index is 0.624. The van der Waals surface area contributed by atoms with Gasteiger partial charge in [0.25, 0.3) is 0 Å². The Morgan fingerprint density at radius 2 is 1.62 bits per heavy atom. The van der Waals surface area contributed by atoms with Gasteiger partial charge in [0.2, 0.25) is 0 Å². The zero-order valence-corrected chi connectivity index (χ0v) is 10.9. The van der Waals surface area contributed by atoms with Gasteiger partial charge in [-0.05, 0) is 44.9 Å². The molecule has 3 unspecified atom stereocenters. The normalized spacial score (nSPS) is 31.5. The van der Waals surface area contributed by atoms with Gasteiger partial charge in [0, 0.05) is 18.7 Å². The van der Waals surface area contributed by atoms with Gasteiger partial charge in [-0.3, -0.25) is 0 Å². The van der Waals surface area contributed by atoms with Crippen molar-refractivity contribution in [2.75, 3.05) is 13.2 Å². The first-order chi connectivity index (χ1) is 7.77. The highest BCUT2D eigenvalue weighted by atomic mass is 16.5. The SMILES string of the molecule is CC(NC(C)C1CCOC1)C1CCCCC1. The van der Waals surface area contributed by atoms with E-state index in [0.29, 0.717) is 12.1 Å². The third-order valence-corrected chi connectivity index (χ3v) is 4.55. The van der Waals surface area contributed by atoms with Crippen LogP contribution in [-0.4, -0.2) is 25.3 Å². The molecule has 16 heavy (non-hydrogen) atoms. The molecule has 1 aliphatic carbocycles. The van der Waals surface area contributed by atoms with Crippen LogP contribution in [0.25, 0.3) is 0 Å². The second kappa shape index (κ2) is 6.02. The van der Waals surface area contributed by atoms with Gasteiger partial charge in [-0.2, -0.15) is 0 Å². The second-order valence-electron chi connectivity index (χ2n) is 5.77. The molecule has 94 valence electrons. The molecule has 0 amide bonds. The third-order valence-electron chi connectivity index (χ3n) is 4.55. The standard InChI is InChI=1S/C14H27NO/c1-11(13-6-4-3-5-7-13)15-12(2)14-8-9-16-10-14/h11-15H,3-10H2,1-2H3. The van der Waals surface area contributed by atoms with Crippen molar-refractivity contribution >= 4 is 0 Å². The van der Waals surface area contributed by atoms with Gasteiger partial charge in [0.15, 0.2) is 0 Å². The minimum Gasteiger partial charge on any atom is -0.381 e. The topological polar surface area (TPSA) is 21.3 Å². The molecule has 1 N–H and O–H groups in total. The Labute approximate surface area is 100 Å². The van der Waals surface area contributed by atoms with Crippen LogP contribution in [-0.2, 0) is 4.74 Å². The van der Waals surface area contributed by atoms with Crippen LogP contribution >= 0.6 is 0 Å². The quantitative estimate of drug-likeness (QED) is 0.794. The third kappa shape index (κ3) is 3.21. The monoisotopic (exact) mass is 225 g/mol. The summed E-state index contributed by atoms with van der Waals surface area (Å²) in [4.78, 5) is 0. The molecule has 1 saturated heterocycles. The lowest BCUT2D eigenvalue weighted by molar-refractivity contribution is 0.172. The van der Waals surface area contributed by atoms with E-state index < -0.39 is 0 Å². The van der Waals surface area contributed by atoms with E-state index in [-0.39, 0.29) is 0 Å². The van der Waals surface area contributed by atoms with Gasteiger partial charge in [0.1, 0.15) is 0 Å². The summed E-state index contributed by atoms with van der Waals surface area (Å²) in [7, 11) is 0. The van der Waals surface area contributed by atoms with E-state index in [2.05, 4.69) is 19.2 Å². The average molecular weight is 225 g/mol. The van der Waals surface area contributed by atoms with Crippen molar-refractivity contribution in [2.45, 2.75) is 64.5 Å². The van der Waals surface area contributed by atoms with Crippen LogP contribution in [0.1, 0.15) is 52.4 Å². The van der Waals surface area contributed by atoms with Crippen molar-refractivity contribution in [1.29, 1.82) is 0 Å². The predicted octanol–water partition coefficient (Wildman–Crippen LogP) is 2.97. The molecule has 1 saturated carbocycles. The zero-order valence-electron chi connectivity index (χ0n) is 10.9. The van der Waals surface area contributed by atoms with E-state index in [0.717, 1.165) is 25.0 Å². The Morgan fingerprint density at radius 3 is 2.25 bits per heavy atom. The highest BCUT2D eigenvalue weighted by molar-refractivity contribution is 4.82. The van der Waals surface area contributed by atoms with Gasteiger partial charge in [0.05, 0.1) is 6.61 Å². The molecule has 2 aliphatic rings. The highest BCUT2D eigenvalue weighted by Gasteiger charge is 2.26. The Balaban J connectivity index is 1.74. The number of nitrogens with one attached hydrogen (secondary N) is 1. The summed E-state index contributed by atoms with van der Waals surface area (Å²) >= 11 is 0. The van der Waals surface area contributed by atoms with Crippen LogP contribution in [0.4, 0.5) is 0 Å². The van der Waals surface area contributed by atoms with E-state index in [1.165, 1.54) is 38.5 Å². The molecule has 0 bridgehead atoms. The largest absolute Gasteiger partial charge is 0.381 e. The fourth-order valence-corrected chi connectivity index (χ4v) is 3.27. The number of ether oxygens (including phenoxy) is 1. The molecule has 1 heterocycles. The molecule has 0 aromatic rings. The Bertz CT molecular complexity index is 195. The molecule has 2 heteroatoms. The van der Waals surface area contributed by atoms with Gasteiger partial charge in [-0.15, -0.1) is 0 Å². The van der Waals surface area contributed by atoms with Crippen LogP contribution in [0, 0.1) is 11.8 Å². The first-order valence-electron chi connectivity index (χ1n) is 7.11. The van der Waals surface area contributed by atoms with Crippen molar-refractivity contribution in [1.82, 2.24) is 5.32 Å². The minimum atomic E-state index is 0.624. The van der Waals surface area contributed by atoms with Crippen LogP contribution in [0.5, 0.6) is 0 Å². The molecule has 0 aromatic carbocycles. The maximum atomic E-state index is 5.47. The predicted molar refractivity (Wildman–Crippen MR) is 67.6 cm³/mol. The Kier molecular flexibility index (Phi) is 4.66. The van der Waals surface area contributed by atoms with Gasteiger partial charge >= 0.3 is 0 Å². The molecule has 0 spiro atoms. The molecule has 2 rings (SSSR count). The first-order valence-corrected chi connectivity index (χ1v) is 7.11. The van der Waals surface area contributed by atoms with E-state index in [1.807, 2.05) is 0 Å². The molecule has 2 fully saturated rings. The molecular weight excluding hydrogens is 198 g/mol. The molecular formula is C14H27NO. The van der Waals surface area contributed by atoms with Crippen LogP contribution in [0.15, 0.2) is 0 Å². The summed E-state index contributed by atoms with van der Waals surface area (Å²) in [5, 5.41) is 3.81. The lowest BCUT2D eigenvalue weighted by Gasteiger charge is -2.32. The molecule has 0 radical (unpaired) electrons. The summed E-state index contributed by atoms with van der Waals surface area (Å²) in [5.74, 6) is 1.66. The summed E-state index contributed by atoms with van der Waals surface area (Å²) in [5.41, 5.74) is 0. The van der Waals surface area contributed by atoms with E-state index in [4.69, 9.17) is 4.74 Å². The fraction of sp³-hybridized carbons (Fsp3) is 1.00. The van der Waals surface area contributed by atoms with Crippen molar-refractivity contribution in [3.05, 3.63) is 0 Å². The van der Waals surface area contributed by atoms with Gasteiger partial charge in [-0.1, -0.05) is 19.3 Å². The molecule has 0 aromatic heterocycles. The van der Waals surface area contributed by atoms with E-state index >= 15 is 0 Å². The lowest BCUT2D eigenvalue weighted by Crippen LogP contribution is -2.43. The first kappa shape index (κ1) is 12.4. The lowest BCUT2D eigenvalue weighted by atomic mass is 9.84. The van der Waals surface area contributed by atoms with Crippen LogP contribution in [0.3, 0.4) is 0 Å². The number of hydrogen-bond donors (Lipinski definition) is 1. The molecule has 2 nitrogen and oxygen atoms in total. The fourth-order valence-electron chi connectivity index (χ4n) is 3.27. The molecule has 1 aliphatic heterocycles. The summed E-state index contributed by atoms with van der Waals surface area (Å²) < 4.78 is 5.47. The van der Waals surface area contributed by atoms with E-state index in [1.54, 1.807) is 0 Å². The summed E-state index contributed by atoms with van der Waals surface area (Å²) in [6, 6.07) is 1.32. The zero-order chi connectivity index (χ0) is 11.4. The summed E-state index contributed by atoms with van der Waals surface area (Å²) in [6.45, 7) is 6.64. The van der Waals surface area contributed by atoms with Crippen molar-refractivity contribution in [3.8, 4) is 0 Å². The maximum absolute atomic E-state index is 5.47. The Hall–Kier alpha value is -0.0800. The Morgan fingerprint density at radius 1 is 0.938 bits per heavy atom. The van der Waals surface area contributed by atoms with Crippen LogP contribution in [0.2, 0.25) is 0 Å². The van der Waals surface area contributed by atoms with Gasteiger partial charge in [-0.25, -0.2) is 0 Å². The van der Waals surface area contributed by atoms with E-state index in [9.17, 15) is 0 Å². The number of rotatable bonds is 4. The van der Waals surface area contributed by atoms with Crippen molar-refractivity contribution in [3.63, 3.8) is 0 Å². The molecule has 3 atom stereocenters. The second-order valence-corrected chi connectivity index (χ2v) is 5.77. The summed E-state index contributed by atoms with van der Waals surface area (Å²) in [6.07, 6.45) is 8.44. The van der Waals surface area contributed by atoms with Crippen LogP contribution < -0.4 is 5.32 Å². The maximum Gasteiger partial charge on any atom is 0.0509 e.